The number of amides is 5. The minimum absolute atomic E-state index is 0.0565. The molecule has 0 aliphatic carbocycles. The Bertz CT molecular complexity index is 1150. The molecule has 2 atom stereocenters. The number of carbonyl (C=O) groups is 4. The number of nitrogens with one attached hydrogen (secondary N) is 2. The van der Waals surface area contributed by atoms with Crippen molar-refractivity contribution in [3.63, 3.8) is 0 Å². The number of benzene rings is 2. The predicted octanol–water partition coefficient (Wildman–Crippen LogP) is 1.97. The topological polar surface area (TPSA) is 102 Å². The zero-order valence-corrected chi connectivity index (χ0v) is 19.0. The van der Waals surface area contributed by atoms with Crippen LogP contribution in [0.4, 0.5) is 10.5 Å². The molecule has 0 aromatic heterocycles. The summed E-state index contributed by atoms with van der Waals surface area (Å²) < 4.78 is 0. The maximum absolute atomic E-state index is 13.2. The molecule has 176 valence electrons. The number of rotatable bonds is 3. The Labute approximate surface area is 197 Å². The number of urea groups is 1. The van der Waals surface area contributed by atoms with Gasteiger partial charge in [-0.1, -0.05) is 30.3 Å². The minimum Gasteiger partial charge on any atom is -0.322 e. The van der Waals surface area contributed by atoms with E-state index in [0.717, 1.165) is 24.2 Å². The fraction of sp³-hybridized carbons (Fsp3) is 0.360. The van der Waals surface area contributed by atoms with E-state index in [4.69, 9.17) is 0 Å². The molecule has 5 amide bonds. The number of fused-ring (bicyclic) bond motifs is 1. The molecule has 9 heteroatoms. The quantitative estimate of drug-likeness (QED) is 0.681. The van der Waals surface area contributed by atoms with Gasteiger partial charge in [-0.25, -0.2) is 4.79 Å². The Morgan fingerprint density at radius 3 is 2.59 bits per heavy atom. The van der Waals surface area contributed by atoms with Crippen LogP contribution in [0.25, 0.3) is 0 Å². The Hall–Kier alpha value is -3.72. The van der Waals surface area contributed by atoms with Gasteiger partial charge in [0.1, 0.15) is 6.04 Å². The summed E-state index contributed by atoms with van der Waals surface area (Å²) in [4.78, 5) is 55.4. The van der Waals surface area contributed by atoms with Crippen molar-refractivity contribution in [1.29, 1.82) is 0 Å². The molecule has 2 N–H and O–H groups in total. The number of piperazine rings is 1. The largest absolute Gasteiger partial charge is 0.322 e. The smallest absolute Gasteiger partial charge is 0.322 e. The lowest BCUT2D eigenvalue weighted by atomic mass is 10.0. The van der Waals surface area contributed by atoms with Crippen LogP contribution in [0.1, 0.15) is 40.4 Å². The predicted molar refractivity (Wildman–Crippen MR) is 125 cm³/mol. The molecule has 2 fully saturated rings. The molecule has 2 aromatic carbocycles. The van der Waals surface area contributed by atoms with E-state index in [1.54, 1.807) is 18.2 Å². The highest BCUT2D eigenvalue weighted by Crippen LogP contribution is 2.30. The van der Waals surface area contributed by atoms with Gasteiger partial charge in [0.2, 0.25) is 11.8 Å². The van der Waals surface area contributed by atoms with Gasteiger partial charge < -0.3 is 20.0 Å². The van der Waals surface area contributed by atoms with Crippen molar-refractivity contribution in [3.8, 4) is 0 Å². The summed E-state index contributed by atoms with van der Waals surface area (Å²) in [5.41, 5.74) is 2.96. The minimum atomic E-state index is -0.660. The third-order valence-electron chi connectivity index (χ3n) is 6.80. The number of hydrogen-bond acceptors (Lipinski definition) is 5. The van der Waals surface area contributed by atoms with Crippen LogP contribution >= 0.6 is 0 Å². The average Bonchev–Trinajstić information content (AvgIpc) is 3.15. The zero-order chi connectivity index (χ0) is 23.8. The van der Waals surface area contributed by atoms with Gasteiger partial charge in [-0.15, -0.1) is 0 Å². The Morgan fingerprint density at radius 2 is 1.82 bits per heavy atom. The van der Waals surface area contributed by atoms with Gasteiger partial charge in [0, 0.05) is 43.9 Å². The first-order valence-corrected chi connectivity index (χ1v) is 11.5. The van der Waals surface area contributed by atoms with E-state index in [-0.39, 0.29) is 36.9 Å². The van der Waals surface area contributed by atoms with Crippen LogP contribution in [0, 0.1) is 0 Å². The lowest BCUT2D eigenvalue weighted by Crippen LogP contribution is -2.52. The van der Waals surface area contributed by atoms with E-state index in [2.05, 4.69) is 22.6 Å². The highest BCUT2D eigenvalue weighted by molar-refractivity contribution is 6.05. The molecule has 2 aromatic rings. The molecule has 0 radical (unpaired) electrons. The van der Waals surface area contributed by atoms with E-state index in [1.165, 1.54) is 4.90 Å². The fourth-order valence-corrected chi connectivity index (χ4v) is 4.97. The molecule has 9 nitrogen and oxygen atoms in total. The highest BCUT2D eigenvalue weighted by atomic mass is 16.2. The number of nitrogens with zero attached hydrogens (tertiary/aromatic N) is 3. The first kappa shape index (κ1) is 22.1. The lowest BCUT2D eigenvalue weighted by Gasteiger charge is -2.40. The number of likely N-dealkylation sites (N-methyl/N-ethyl adjacent to an activating group) is 1. The number of hydrogen-bond donors (Lipinski definition) is 2. The standard InChI is InChI=1S/C25H27N5O4/c1-28-11-12-29(21(15-28)16-5-3-2-4-6-16)25(34)26-18-7-8-19-17(13-18)14-30(24(19)33)20-9-10-22(31)27-23(20)32/h2-8,13,20-21H,9-12,14-15H2,1H3,(H,26,34)(H,27,31,32). The molecular weight excluding hydrogens is 434 g/mol. The van der Waals surface area contributed by atoms with Crippen LogP contribution in [-0.4, -0.2) is 71.2 Å². The van der Waals surface area contributed by atoms with Crippen LogP contribution in [0.2, 0.25) is 0 Å². The molecule has 5 rings (SSSR count). The van der Waals surface area contributed by atoms with Crippen LogP contribution < -0.4 is 10.6 Å². The summed E-state index contributed by atoms with van der Waals surface area (Å²) in [5.74, 6) is -0.980. The third kappa shape index (κ3) is 4.14. The summed E-state index contributed by atoms with van der Waals surface area (Å²) in [6, 6.07) is 14.3. The molecule has 2 saturated heterocycles. The van der Waals surface area contributed by atoms with Crippen molar-refractivity contribution in [2.45, 2.75) is 31.5 Å². The fourth-order valence-electron chi connectivity index (χ4n) is 4.97. The molecule has 0 saturated carbocycles. The lowest BCUT2D eigenvalue weighted by molar-refractivity contribution is -0.136. The Morgan fingerprint density at radius 1 is 1.03 bits per heavy atom. The molecular formula is C25H27N5O4. The second-order valence-electron chi connectivity index (χ2n) is 9.08. The molecule has 3 heterocycles. The van der Waals surface area contributed by atoms with E-state index in [9.17, 15) is 19.2 Å². The first-order chi connectivity index (χ1) is 16.4. The van der Waals surface area contributed by atoms with Crippen LogP contribution in [0.5, 0.6) is 0 Å². The summed E-state index contributed by atoms with van der Waals surface area (Å²) in [6.45, 7) is 2.41. The summed E-state index contributed by atoms with van der Waals surface area (Å²) in [7, 11) is 2.05. The normalized spacial score (nSPS) is 23.0. The molecule has 3 aliphatic rings. The number of carbonyl (C=O) groups excluding carboxylic acids is 4. The molecule has 0 bridgehead atoms. The number of anilines is 1. The van der Waals surface area contributed by atoms with Crippen LogP contribution in [-0.2, 0) is 16.1 Å². The summed E-state index contributed by atoms with van der Waals surface area (Å²) in [6.07, 6.45) is 0.531. The molecule has 2 unspecified atom stereocenters. The first-order valence-electron chi connectivity index (χ1n) is 11.5. The van der Waals surface area contributed by atoms with Gasteiger partial charge in [0.25, 0.3) is 5.91 Å². The monoisotopic (exact) mass is 461 g/mol. The van der Waals surface area contributed by atoms with E-state index in [1.807, 2.05) is 35.2 Å². The van der Waals surface area contributed by atoms with Crippen molar-refractivity contribution in [1.82, 2.24) is 20.0 Å². The van der Waals surface area contributed by atoms with Crippen molar-refractivity contribution in [2.24, 2.45) is 0 Å². The van der Waals surface area contributed by atoms with Gasteiger partial charge in [0.15, 0.2) is 0 Å². The van der Waals surface area contributed by atoms with Crippen molar-refractivity contribution >= 4 is 29.4 Å². The highest BCUT2D eigenvalue weighted by Gasteiger charge is 2.39. The van der Waals surface area contributed by atoms with E-state index >= 15 is 0 Å². The average molecular weight is 462 g/mol. The van der Waals surface area contributed by atoms with Gasteiger partial charge in [-0.2, -0.15) is 0 Å². The maximum atomic E-state index is 13.2. The third-order valence-corrected chi connectivity index (χ3v) is 6.80. The van der Waals surface area contributed by atoms with Gasteiger partial charge in [-0.3, -0.25) is 19.7 Å². The van der Waals surface area contributed by atoms with Gasteiger partial charge >= 0.3 is 6.03 Å². The van der Waals surface area contributed by atoms with Gasteiger partial charge in [0.05, 0.1) is 6.04 Å². The summed E-state index contributed by atoms with van der Waals surface area (Å²) in [5, 5.41) is 5.30. The van der Waals surface area contributed by atoms with Crippen molar-refractivity contribution in [2.75, 3.05) is 32.0 Å². The zero-order valence-electron chi connectivity index (χ0n) is 19.0. The second kappa shape index (κ2) is 8.90. The van der Waals surface area contributed by atoms with Crippen molar-refractivity contribution < 1.29 is 19.2 Å². The molecule has 0 spiro atoms. The number of imide groups is 1. The van der Waals surface area contributed by atoms with Gasteiger partial charge in [-0.05, 0) is 42.8 Å². The van der Waals surface area contributed by atoms with E-state index in [0.29, 0.717) is 24.2 Å². The van der Waals surface area contributed by atoms with Crippen molar-refractivity contribution in [3.05, 3.63) is 65.2 Å². The Kier molecular flexibility index (Phi) is 5.79. The van der Waals surface area contributed by atoms with Crippen LogP contribution in [0.3, 0.4) is 0 Å². The van der Waals surface area contributed by atoms with Crippen LogP contribution in [0.15, 0.2) is 48.5 Å². The number of piperidine rings is 1. The molecule has 3 aliphatic heterocycles. The maximum Gasteiger partial charge on any atom is 0.322 e. The second-order valence-corrected chi connectivity index (χ2v) is 9.08. The van der Waals surface area contributed by atoms with E-state index < -0.39 is 11.9 Å². The summed E-state index contributed by atoms with van der Waals surface area (Å²) >= 11 is 0. The Balaban J connectivity index is 1.31. The SMILES string of the molecule is CN1CCN(C(=O)Nc2ccc3c(c2)CN(C2CCC(=O)NC2=O)C3=O)C(c2ccccc2)C1. The molecule has 34 heavy (non-hydrogen) atoms.